The molecule has 1 aromatic carbocycles. The first kappa shape index (κ1) is 11.6. The van der Waals surface area contributed by atoms with Crippen LogP contribution in [0.25, 0.3) is 0 Å². The second-order valence-electron chi connectivity index (χ2n) is 3.40. The predicted octanol–water partition coefficient (Wildman–Crippen LogP) is 4.58. The number of hydrogen-bond acceptors (Lipinski definition) is 3. The van der Waals surface area contributed by atoms with E-state index in [-0.39, 0.29) is 0 Å². The van der Waals surface area contributed by atoms with Crippen molar-refractivity contribution in [3.63, 3.8) is 0 Å². The Morgan fingerprint density at radius 2 is 1.75 bits per heavy atom. The van der Waals surface area contributed by atoms with Crippen molar-refractivity contribution in [1.29, 1.82) is 0 Å². The highest BCUT2D eigenvalue weighted by molar-refractivity contribution is 8.76. The van der Waals surface area contributed by atoms with Crippen molar-refractivity contribution < 1.29 is 0 Å². The SMILES string of the molecule is CC(SSc1ccccn1)c1ccccc1. The van der Waals surface area contributed by atoms with Gasteiger partial charge in [-0.15, -0.1) is 0 Å². The van der Waals surface area contributed by atoms with Gasteiger partial charge >= 0.3 is 0 Å². The quantitative estimate of drug-likeness (QED) is 0.734. The molecule has 16 heavy (non-hydrogen) atoms. The van der Waals surface area contributed by atoms with Gasteiger partial charge in [-0.2, -0.15) is 0 Å². The predicted molar refractivity (Wildman–Crippen MR) is 72.5 cm³/mol. The first-order valence-corrected chi connectivity index (χ1v) is 7.37. The molecule has 0 N–H and O–H groups in total. The Labute approximate surface area is 104 Å². The molecule has 0 amide bonds. The lowest BCUT2D eigenvalue weighted by atomic mass is 10.2. The van der Waals surface area contributed by atoms with Gasteiger partial charge in [-0.3, -0.25) is 0 Å². The van der Waals surface area contributed by atoms with Gasteiger partial charge in [0.2, 0.25) is 0 Å². The van der Waals surface area contributed by atoms with Crippen molar-refractivity contribution in [2.45, 2.75) is 17.2 Å². The van der Waals surface area contributed by atoms with Gasteiger partial charge in [0.15, 0.2) is 0 Å². The molecular weight excluding hydrogens is 234 g/mol. The van der Waals surface area contributed by atoms with E-state index in [9.17, 15) is 0 Å². The average molecular weight is 247 g/mol. The van der Waals surface area contributed by atoms with E-state index in [4.69, 9.17) is 0 Å². The number of hydrogen-bond donors (Lipinski definition) is 0. The van der Waals surface area contributed by atoms with Gasteiger partial charge in [-0.05, 0) is 35.4 Å². The van der Waals surface area contributed by atoms with Crippen molar-refractivity contribution in [3.8, 4) is 0 Å². The Balaban J connectivity index is 1.92. The summed E-state index contributed by atoms with van der Waals surface area (Å²) >= 11 is 0. The van der Waals surface area contributed by atoms with Crippen LogP contribution in [0.1, 0.15) is 17.7 Å². The molecule has 0 saturated heterocycles. The number of rotatable bonds is 4. The molecular formula is C13H13NS2. The van der Waals surface area contributed by atoms with E-state index in [2.05, 4.69) is 36.2 Å². The monoisotopic (exact) mass is 247 g/mol. The van der Waals surface area contributed by atoms with E-state index in [0.717, 1.165) is 5.03 Å². The van der Waals surface area contributed by atoms with E-state index in [0.29, 0.717) is 5.25 Å². The third-order valence-corrected chi connectivity index (χ3v) is 4.92. The van der Waals surface area contributed by atoms with E-state index < -0.39 is 0 Å². The molecule has 2 rings (SSSR count). The summed E-state index contributed by atoms with van der Waals surface area (Å²) < 4.78 is 0. The molecule has 1 aromatic heterocycles. The summed E-state index contributed by atoms with van der Waals surface area (Å²) in [5.41, 5.74) is 1.36. The maximum absolute atomic E-state index is 4.29. The van der Waals surface area contributed by atoms with Crippen molar-refractivity contribution in [2.24, 2.45) is 0 Å². The second-order valence-corrected chi connectivity index (χ2v) is 5.96. The van der Waals surface area contributed by atoms with Crippen LogP contribution in [0.4, 0.5) is 0 Å². The Morgan fingerprint density at radius 1 is 1.00 bits per heavy atom. The van der Waals surface area contributed by atoms with Gasteiger partial charge in [0.1, 0.15) is 5.03 Å². The molecule has 1 heterocycles. The number of pyridine rings is 1. The van der Waals surface area contributed by atoms with E-state index >= 15 is 0 Å². The summed E-state index contributed by atoms with van der Waals surface area (Å²) in [6.45, 7) is 2.22. The molecule has 0 bridgehead atoms. The summed E-state index contributed by atoms with van der Waals surface area (Å²) in [6.07, 6.45) is 1.83. The number of nitrogens with zero attached hydrogens (tertiary/aromatic N) is 1. The topological polar surface area (TPSA) is 12.9 Å². The van der Waals surface area contributed by atoms with Crippen LogP contribution in [0, 0.1) is 0 Å². The maximum atomic E-state index is 4.29. The first-order chi connectivity index (χ1) is 7.86. The molecule has 0 spiro atoms. The van der Waals surface area contributed by atoms with Crippen LogP contribution in [0.5, 0.6) is 0 Å². The van der Waals surface area contributed by atoms with Crippen molar-refractivity contribution in [2.75, 3.05) is 0 Å². The summed E-state index contributed by atoms with van der Waals surface area (Å²) in [7, 11) is 3.57. The zero-order valence-corrected chi connectivity index (χ0v) is 10.7. The van der Waals surface area contributed by atoms with E-state index in [1.54, 1.807) is 10.8 Å². The third kappa shape index (κ3) is 3.29. The Hall–Kier alpha value is -0.930. The van der Waals surface area contributed by atoms with Crippen LogP contribution in [0.3, 0.4) is 0 Å². The second kappa shape index (κ2) is 5.97. The molecule has 1 atom stereocenters. The van der Waals surface area contributed by atoms with Gasteiger partial charge in [0.05, 0.1) is 0 Å². The Morgan fingerprint density at radius 3 is 2.44 bits per heavy atom. The van der Waals surface area contributed by atoms with Gasteiger partial charge in [0.25, 0.3) is 0 Å². The lowest BCUT2D eigenvalue weighted by Gasteiger charge is -2.09. The van der Waals surface area contributed by atoms with Crippen molar-refractivity contribution in [1.82, 2.24) is 4.98 Å². The minimum Gasteiger partial charge on any atom is -0.249 e. The van der Waals surface area contributed by atoms with Crippen LogP contribution < -0.4 is 0 Å². The molecule has 0 saturated carbocycles. The van der Waals surface area contributed by atoms with Crippen molar-refractivity contribution in [3.05, 3.63) is 60.3 Å². The largest absolute Gasteiger partial charge is 0.249 e. The minimum atomic E-state index is 0.480. The van der Waals surface area contributed by atoms with Gasteiger partial charge in [-0.1, -0.05) is 47.2 Å². The summed E-state index contributed by atoms with van der Waals surface area (Å²) in [6, 6.07) is 16.5. The molecule has 0 aliphatic carbocycles. The summed E-state index contributed by atoms with van der Waals surface area (Å²) in [4.78, 5) is 4.29. The van der Waals surface area contributed by atoms with Gasteiger partial charge in [0, 0.05) is 11.4 Å². The lowest BCUT2D eigenvalue weighted by Crippen LogP contribution is -1.85. The molecule has 1 unspecified atom stereocenters. The first-order valence-electron chi connectivity index (χ1n) is 5.15. The minimum absolute atomic E-state index is 0.480. The molecule has 1 nitrogen and oxygen atoms in total. The molecule has 0 fully saturated rings. The van der Waals surface area contributed by atoms with Gasteiger partial charge in [-0.25, -0.2) is 4.98 Å². The Kier molecular flexibility index (Phi) is 4.31. The number of benzene rings is 1. The molecule has 0 aliphatic heterocycles. The van der Waals surface area contributed by atoms with Crippen molar-refractivity contribution >= 4 is 21.6 Å². The zero-order valence-electron chi connectivity index (χ0n) is 9.04. The van der Waals surface area contributed by atoms with Crippen LogP contribution in [-0.4, -0.2) is 4.98 Å². The summed E-state index contributed by atoms with van der Waals surface area (Å²) in [5.74, 6) is 0. The smallest absolute Gasteiger partial charge is 0.106 e. The fourth-order valence-electron chi connectivity index (χ4n) is 1.30. The fourth-order valence-corrected chi connectivity index (χ4v) is 3.40. The van der Waals surface area contributed by atoms with Crippen LogP contribution in [0.15, 0.2) is 59.8 Å². The highest BCUT2D eigenvalue weighted by Crippen LogP contribution is 2.40. The highest BCUT2D eigenvalue weighted by Gasteiger charge is 2.06. The summed E-state index contributed by atoms with van der Waals surface area (Å²) in [5, 5.41) is 1.54. The zero-order chi connectivity index (χ0) is 11.2. The normalized spacial score (nSPS) is 12.3. The standard InChI is InChI=1S/C13H13NS2/c1-11(12-7-3-2-4-8-12)15-16-13-9-5-6-10-14-13/h2-11H,1H3. The third-order valence-electron chi connectivity index (χ3n) is 2.18. The maximum Gasteiger partial charge on any atom is 0.106 e. The van der Waals surface area contributed by atoms with E-state index in [1.165, 1.54) is 5.56 Å². The lowest BCUT2D eigenvalue weighted by molar-refractivity contribution is 1.11. The molecule has 3 heteroatoms. The molecule has 0 aliphatic rings. The van der Waals surface area contributed by atoms with Crippen LogP contribution in [-0.2, 0) is 0 Å². The van der Waals surface area contributed by atoms with Crippen LogP contribution >= 0.6 is 21.6 Å². The average Bonchev–Trinajstić information content (AvgIpc) is 2.38. The molecule has 0 radical (unpaired) electrons. The number of aromatic nitrogens is 1. The Bertz CT molecular complexity index is 416. The molecule has 82 valence electrons. The fraction of sp³-hybridized carbons (Fsp3) is 0.154. The molecule has 2 aromatic rings. The highest BCUT2D eigenvalue weighted by atomic mass is 33.1. The van der Waals surface area contributed by atoms with Crippen LogP contribution in [0.2, 0.25) is 0 Å². The van der Waals surface area contributed by atoms with E-state index in [1.807, 2.05) is 41.3 Å². The van der Waals surface area contributed by atoms with Gasteiger partial charge < -0.3 is 0 Å².